The van der Waals surface area contributed by atoms with Gasteiger partial charge in [-0.05, 0) is 36.4 Å². The van der Waals surface area contributed by atoms with Crippen LogP contribution in [0.2, 0.25) is 10.0 Å². The summed E-state index contributed by atoms with van der Waals surface area (Å²) in [5, 5.41) is 9.17. The van der Waals surface area contributed by atoms with E-state index in [1.165, 1.54) is 24.3 Å². The molecule has 5 nitrogen and oxygen atoms in total. The molecule has 1 N–H and O–H groups in total. The number of hydrogen-bond acceptors (Lipinski definition) is 3. The van der Waals surface area contributed by atoms with Crippen LogP contribution in [-0.4, -0.2) is 26.0 Å². The summed E-state index contributed by atoms with van der Waals surface area (Å²) in [5.74, 6) is -1.13. The number of benzene rings is 2. The van der Waals surface area contributed by atoms with Crippen molar-refractivity contribution >= 4 is 60.8 Å². The summed E-state index contributed by atoms with van der Waals surface area (Å²) in [7, 11) is -4.03. The first-order valence-corrected chi connectivity index (χ1v) is 9.66. The number of rotatable bonds is 6. The van der Waals surface area contributed by atoms with Crippen molar-refractivity contribution < 1.29 is 18.3 Å². The number of carbonyl (C=O) groups is 1. The van der Waals surface area contributed by atoms with Crippen LogP contribution in [-0.2, 0) is 14.8 Å². The molecule has 0 saturated heterocycles. The highest BCUT2D eigenvalue weighted by Crippen LogP contribution is 2.37. The van der Waals surface area contributed by atoms with Crippen LogP contribution in [0.3, 0.4) is 0 Å². The number of halogens is 3. The molecule has 0 atom stereocenters. The molecule has 0 saturated carbocycles. The monoisotopic (exact) mass is 451 g/mol. The minimum atomic E-state index is -4.03. The lowest BCUT2D eigenvalue weighted by atomic mass is 10.3. The molecule has 128 valence electrons. The Morgan fingerprint density at radius 2 is 1.62 bits per heavy atom. The zero-order valence-corrected chi connectivity index (χ0v) is 16.0. The summed E-state index contributed by atoms with van der Waals surface area (Å²) in [5.41, 5.74) is 0.0602. The SMILES string of the molecule is O=C(O)CCN(c1c(Cl)cccc1Cl)S(=O)(=O)c1ccc(Br)cc1. The second-order valence-corrected chi connectivity index (χ2v) is 8.34. The maximum absolute atomic E-state index is 13.0. The number of aliphatic carboxylic acids is 1. The highest BCUT2D eigenvalue weighted by molar-refractivity contribution is 9.10. The van der Waals surface area contributed by atoms with Gasteiger partial charge in [0, 0.05) is 11.0 Å². The number of para-hydroxylation sites is 1. The second-order valence-electron chi connectivity index (χ2n) is 4.75. The first-order valence-electron chi connectivity index (χ1n) is 6.67. The smallest absolute Gasteiger partial charge is 0.305 e. The van der Waals surface area contributed by atoms with E-state index in [0.29, 0.717) is 4.47 Å². The summed E-state index contributed by atoms with van der Waals surface area (Å²) >= 11 is 15.5. The van der Waals surface area contributed by atoms with Crippen molar-refractivity contribution in [3.8, 4) is 0 Å². The number of hydrogen-bond donors (Lipinski definition) is 1. The Morgan fingerprint density at radius 1 is 1.08 bits per heavy atom. The van der Waals surface area contributed by atoms with Crippen LogP contribution in [0.25, 0.3) is 0 Å². The molecule has 0 bridgehead atoms. The van der Waals surface area contributed by atoms with E-state index in [2.05, 4.69) is 15.9 Å². The van der Waals surface area contributed by atoms with Gasteiger partial charge in [-0.25, -0.2) is 8.42 Å². The standard InChI is InChI=1S/C15H12BrCl2NO4S/c16-10-4-6-11(7-5-10)24(22,23)19(9-8-14(20)21)15-12(17)2-1-3-13(15)18/h1-7H,8-9H2,(H,20,21). The van der Waals surface area contributed by atoms with Gasteiger partial charge in [0.15, 0.2) is 0 Å². The van der Waals surface area contributed by atoms with Gasteiger partial charge in [-0.15, -0.1) is 0 Å². The molecule has 0 spiro atoms. The Hall–Kier alpha value is -1.28. The Labute approximate surface area is 158 Å². The van der Waals surface area contributed by atoms with E-state index in [1.54, 1.807) is 18.2 Å². The van der Waals surface area contributed by atoms with Crippen molar-refractivity contribution in [2.45, 2.75) is 11.3 Å². The van der Waals surface area contributed by atoms with Crippen LogP contribution in [0.4, 0.5) is 5.69 Å². The lowest BCUT2D eigenvalue weighted by Gasteiger charge is -2.25. The zero-order chi connectivity index (χ0) is 17.9. The van der Waals surface area contributed by atoms with Crippen LogP contribution in [0.1, 0.15) is 6.42 Å². The lowest BCUT2D eigenvalue weighted by Crippen LogP contribution is -2.33. The Morgan fingerprint density at radius 3 is 2.12 bits per heavy atom. The average molecular weight is 453 g/mol. The van der Waals surface area contributed by atoms with Crippen molar-refractivity contribution in [2.24, 2.45) is 0 Å². The third-order valence-corrected chi connectivity index (χ3v) is 6.07. The van der Waals surface area contributed by atoms with Crippen molar-refractivity contribution in [1.82, 2.24) is 0 Å². The molecule has 0 heterocycles. The number of sulfonamides is 1. The molecule has 0 radical (unpaired) electrons. The summed E-state index contributed by atoms with van der Waals surface area (Å²) < 4.78 is 27.6. The van der Waals surface area contributed by atoms with Crippen LogP contribution in [0, 0.1) is 0 Å². The van der Waals surface area contributed by atoms with Crippen molar-refractivity contribution in [3.63, 3.8) is 0 Å². The van der Waals surface area contributed by atoms with Gasteiger partial charge in [0.25, 0.3) is 10.0 Å². The van der Waals surface area contributed by atoms with Gasteiger partial charge in [0.2, 0.25) is 0 Å². The zero-order valence-electron chi connectivity index (χ0n) is 12.1. The molecule has 24 heavy (non-hydrogen) atoms. The molecule has 2 rings (SSSR count). The molecule has 9 heteroatoms. The van der Waals surface area contributed by atoms with Gasteiger partial charge in [-0.2, -0.15) is 0 Å². The maximum atomic E-state index is 13.0. The van der Waals surface area contributed by atoms with Gasteiger partial charge in [0.1, 0.15) is 0 Å². The average Bonchev–Trinajstić information content (AvgIpc) is 2.50. The van der Waals surface area contributed by atoms with Crippen LogP contribution < -0.4 is 4.31 Å². The summed E-state index contributed by atoms with van der Waals surface area (Å²) in [4.78, 5) is 10.9. The van der Waals surface area contributed by atoms with Gasteiger partial charge in [-0.1, -0.05) is 45.2 Å². The van der Waals surface area contributed by atoms with E-state index >= 15 is 0 Å². The summed E-state index contributed by atoms with van der Waals surface area (Å²) in [6.45, 7) is -0.294. The summed E-state index contributed by atoms with van der Waals surface area (Å²) in [6.07, 6.45) is -0.392. The summed E-state index contributed by atoms with van der Waals surface area (Å²) in [6, 6.07) is 10.6. The molecule has 2 aromatic rings. The number of anilines is 1. The van der Waals surface area contributed by atoms with E-state index in [1.807, 2.05) is 0 Å². The molecule has 0 aromatic heterocycles. The molecule has 0 amide bonds. The largest absolute Gasteiger partial charge is 0.481 e. The predicted octanol–water partition coefficient (Wildman–Crippen LogP) is 4.43. The van der Waals surface area contributed by atoms with Crippen molar-refractivity contribution in [3.05, 3.63) is 57.0 Å². The van der Waals surface area contributed by atoms with Crippen LogP contribution >= 0.6 is 39.1 Å². The molecule has 0 aliphatic carbocycles. The van der Waals surface area contributed by atoms with Gasteiger partial charge in [0.05, 0.1) is 27.0 Å². The fourth-order valence-corrected chi connectivity index (χ4v) is 4.48. The Balaban J connectivity index is 2.57. The minimum absolute atomic E-state index is 0.00655. The molecule has 0 unspecified atom stereocenters. The molecular weight excluding hydrogens is 441 g/mol. The molecule has 0 aliphatic rings. The van der Waals surface area contributed by atoms with E-state index in [-0.39, 0.29) is 27.2 Å². The second kappa shape index (κ2) is 7.74. The van der Waals surface area contributed by atoms with E-state index in [4.69, 9.17) is 28.3 Å². The van der Waals surface area contributed by atoms with Crippen LogP contribution in [0.5, 0.6) is 0 Å². The van der Waals surface area contributed by atoms with E-state index < -0.39 is 22.4 Å². The quantitative estimate of drug-likeness (QED) is 0.703. The maximum Gasteiger partial charge on any atom is 0.305 e. The Bertz CT molecular complexity index is 836. The third-order valence-electron chi connectivity index (χ3n) is 3.12. The minimum Gasteiger partial charge on any atom is -0.481 e. The molecular formula is C15H12BrCl2NO4S. The first-order chi connectivity index (χ1) is 11.2. The Kier molecular flexibility index (Phi) is 6.14. The fraction of sp³-hybridized carbons (Fsp3) is 0.133. The molecule has 2 aromatic carbocycles. The van der Waals surface area contributed by atoms with Crippen molar-refractivity contribution in [2.75, 3.05) is 10.8 Å². The number of carboxylic acid groups (broad SMARTS) is 1. The topological polar surface area (TPSA) is 74.7 Å². The number of nitrogens with zero attached hydrogens (tertiary/aromatic N) is 1. The van der Waals surface area contributed by atoms with Gasteiger partial charge < -0.3 is 5.11 Å². The highest BCUT2D eigenvalue weighted by atomic mass is 79.9. The third kappa shape index (κ3) is 4.22. The fourth-order valence-electron chi connectivity index (χ4n) is 2.01. The van der Waals surface area contributed by atoms with Gasteiger partial charge in [-0.3, -0.25) is 9.10 Å². The van der Waals surface area contributed by atoms with Crippen LogP contribution in [0.15, 0.2) is 51.8 Å². The predicted molar refractivity (Wildman–Crippen MR) is 97.4 cm³/mol. The first kappa shape index (κ1) is 19.1. The molecule has 0 fully saturated rings. The normalized spacial score (nSPS) is 11.3. The van der Waals surface area contributed by atoms with E-state index in [0.717, 1.165) is 4.31 Å². The number of carboxylic acids is 1. The molecule has 0 aliphatic heterocycles. The van der Waals surface area contributed by atoms with Gasteiger partial charge >= 0.3 is 5.97 Å². The van der Waals surface area contributed by atoms with E-state index in [9.17, 15) is 13.2 Å². The highest BCUT2D eigenvalue weighted by Gasteiger charge is 2.28. The lowest BCUT2D eigenvalue weighted by molar-refractivity contribution is -0.136. The van der Waals surface area contributed by atoms with Crippen molar-refractivity contribution in [1.29, 1.82) is 0 Å².